The van der Waals surface area contributed by atoms with Gasteiger partial charge in [-0.05, 0) is 92.6 Å². The smallest absolute Gasteiger partial charge is 0.404 e. The second kappa shape index (κ2) is 11.5. The minimum atomic E-state index is -1.01. The van der Waals surface area contributed by atoms with Gasteiger partial charge in [-0.1, -0.05) is 61.3 Å². The molecule has 2 N–H and O–H groups in total. The van der Waals surface area contributed by atoms with Crippen LogP contribution in [0.1, 0.15) is 64.6 Å². The van der Waals surface area contributed by atoms with Crippen molar-refractivity contribution in [2.24, 2.45) is 16.8 Å². The first-order valence-electron chi connectivity index (χ1n) is 14.0. The van der Waals surface area contributed by atoms with Gasteiger partial charge in [0.05, 0.1) is 6.04 Å². The van der Waals surface area contributed by atoms with Crippen molar-refractivity contribution in [1.29, 1.82) is 0 Å². The Morgan fingerprint density at radius 1 is 1.07 bits per heavy atom. The van der Waals surface area contributed by atoms with E-state index in [1.807, 2.05) is 67.3 Å². The van der Waals surface area contributed by atoms with E-state index in [0.717, 1.165) is 39.7 Å². The highest BCUT2D eigenvalue weighted by atomic mass is 35.5. The van der Waals surface area contributed by atoms with Gasteiger partial charge in [-0.15, -0.1) is 0 Å². The fourth-order valence-corrected chi connectivity index (χ4v) is 7.93. The number of allylic oxidation sites excluding steroid dienone is 1. The van der Waals surface area contributed by atoms with E-state index in [0.29, 0.717) is 16.6 Å². The van der Waals surface area contributed by atoms with Crippen molar-refractivity contribution in [2.75, 3.05) is 6.54 Å². The lowest BCUT2D eigenvalue weighted by atomic mass is 9.78. The van der Waals surface area contributed by atoms with Crippen LogP contribution in [0.5, 0.6) is 0 Å². The maximum atomic E-state index is 14.3. The van der Waals surface area contributed by atoms with Crippen LogP contribution in [-0.4, -0.2) is 50.7 Å². The standard InChI is InChI=1S/C31H36Cl2N4O3S/c1-17(2)25-26(28(38)36(18(3)4)24-14-19(15-24)16-34-30(39)40)41-29-35-31(5,21-8-12-23(33)13-9-21)27(37(25)29)20-6-10-22(32)11-7-20/h6-13,17-19,24,27,34H,14-16H2,1-5H3,(H,39,40)/t19?,24?,27-,31+/m1/s1. The van der Waals surface area contributed by atoms with E-state index in [-0.39, 0.29) is 35.9 Å². The molecule has 3 aliphatic rings. The van der Waals surface area contributed by atoms with Gasteiger partial charge in [-0.2, -0.15) is 0 Å². The average molecular weight is 616 g/mol. The van der Waals surface area contributed by atoms with Crippen LogP contribution in [0.25, 0.3) is 0 Å². The number of nitrogens with one attached hydrogen (secondary N) is 1. The minimum Gasteiger partial charge on any atom is -0.465 e. The molecule has 41 heavy (non-hydrogen) atoms. The molecular formula is C31H36Cl2N4O3S. The zero-order valence-electron chi connectivity index (χ0n) is 23.9. The maximum Gasteiger partial charge on any atom is 0.404 e. The summed E-state index contributed by atoms with van der Waals surface area (Å²) in [6.07, 6.45) is 0.555. The zero-order valence-corrected chi connectivity index (χ0v) is 26.2. The van der Waals surface area contributed by atoms with E-state index >= 15 is 0 Å². The van der Waals surface area contributed by atoms with Crippen LogP contribution < -0.4 is 5.32 Å². The molecule has 5 rings (SSSR count). The molecule has 0 spiro atoms. The lowest BCUT2D eigenvalue weighted by Gasteiger charge is -2.45. The van der Waals surface area contributed by atoms with E-state index in [4.69, 9.17) is 33.3 Å². The van der Waals surface area contributed by atoms with Crippen molar-refractivity contribution in [3.05, 3.63) is 80.3 Å². The third kappa shape index (κ3) is 5.58. The van der Waals surface area contributed by atoms with Gasteiger partial charge in [0, 0.05) is 34.4 Å². The van der Waals surface area contributed by atoms with Gasteiger partial charge < -0.3 is 20.2 Å². The molecule has 2 aromatic rings. The van der Waals surface area contributed by atoms with Gasteiger partial charge in [0.1, 0.15) is 10.4 Å². The molecule has 2 atom stereocenters. The van der Waals surface area contributed by atoms with Gasteiger partial charge >= 0.3 is 6.09 Å². The topological polar surface area (TPSA) is 85.2 Å². The summed E-state index contributed by atoms with van der Waals surface area (Å²) in [5.74, 6) is 0.324. The molecule has 0 bridgehead atoms. The van der Waals surface area contributed by atoms with Crippen molar-refractivity contribution < 1.29 is 14.7 Å². The highest BCUT2D eigenvalue weighted by Gasteiger charge is 2.54. The van der Waals surface area contributed by atoms with E-state index < -0.39 is 11.6 Å². The Balaban J connectivity index is 1.52. The van der Waals surface area contributed by atoms with E-state index in [9.17, 15) is 9.59 Å². The number of hydrogen-bond acceptors (Lipinski definition) is 5. The Hall–Kier alpha value is -2.68. The van der Waals surface area contributed by atoms with Gasteiger partial charge in [0.15, 0.2) is 5.17 Å². The third-order valence-corrected chi connectivity index (χ3v) is 9.87. The van der Waals surface area contributed by atoms with Gasteiger partial charge in [-0.25, -0.2) is 9.79 Å². The normalized spacial score (nSPS) is 25.3. The van der Waals surface area contributed by atoms with Gasteiger partial charge in [-0.3, -0.25) is 4.79 Å². The molecule has 2 aromatic carbocycles. The Kier molecular flexibility index (Phi) is 8.39. The van der Waals surface area contributed by atoms with Gasteiger partial charge in [0.25, 0.3) is 5.91 Å². The first-order chi connectivity index (χ1) is 19.4. The molecule has 0 unspecified atom stereocenters. The second-order valence-electron chi connectivity index (χ2n) is 11.8. The van der Waals surface area contributed by atoms with Crippen LogP contribution in [0.2, 0.25) is 10.0 Å². The van der Waals surface area contributed by atoms with Crippen molar-refractivity contribution in [3.63, 3.8) is 0 Å². The fourth-order valence-electron chi connectivity index (χ4n) is 6.33. The number of thioether (sulfide) groups is 1. The third-order valence-electron chi connectivity index (χ3n) is 8.30. The molecule has 0 radical (unpaired) electrons. The Bertz CT molecular complexity index is 1390. The highest BCUT2D eigenvalue weighted by molar-refractivity contribution is 8.18. The quantitative estimate of drug-likeness (QED) is 0.321. The predicted molar refractivity (Wildman–Crippen MR) is 166 cm³/mol. The zero-order chi connectivity index (χ0) is 29.6. The number of amides is 2. The SMILES string of the molecule is CC(C)C1=C(C(=O)N(C(C)C)C2CC(CNC(=O)O)C2)SC2=N[C@@](C)(c3ccc(Cl)cc3)[C@@H](c3ccc(Cl)cc3)N21. The van der Waals surface area contributed by atoms with Gasteiger partial charge in [0.2, 0.25) is 0 Å². The number of aliphatic imine (C=N–C) groups is 1. The molecule has 1 aliphatic carbocycles. The monoisotopic (exact) mass is 614 g/mol. The number of amidine groups is 1. The average Bonchev–Trinajstić information content (AvgIpc) is 3.38. The minimum absolute atomic E-state index is 0.00571. The Morgan fingerprint density at radius 2 is 1.66 bits per heavy atom. The maximum absolute atomic E-state index is 14.3. The molecule has 2 aliphatic heterocycles. The number of nitrogens with zero attached hydrogens (tertiary/aromatic N) is 3. The largest absolute Gasteiger partial charge is 0.465 e. The first kappa shape index (κ1) is 29.8. The molecule has 1 fully saturated rings. The van der Waals surface area contributed by atoms with Crippen LogP contribution in [0.15, 0.2) is 64.1 Å². The first-order valence-corrected chi connectivity index (χ1v) is 15.6. The molecule has 218 valence electrons. The summed E-state index contributed by atoms with van der Waals surface area (Å²) in [5, 5.41) is 13.6. The number of carbonyl (C=O) groups is 2. The van der Waals surface area contributed by atoms with E-state index in [1.54, 1.807) is 0 Å². The van der Waals surface area contributed by atoms with Crippen LogP contribution in [0.4, 0.5) is 4.79 Å². The Labute approximate surface area is 256 Å². The van der Waals surface area contributed by atoms with Crippen LogP contribution in [0.3, 0.4) is 0 Å². The lowest BCUT2D eigenvalue weighted by molar-refractivity contribution is -0.133. The molecule has 2 heterocycles. The second-order valence-corrected chi connectivity index (χ2v) is 13.7. The summed E-state index contributed by atoms with van der Waals surface area (Å²) in [5.41, 5.74) is 2.46. The number of benzene rings is 2. The summed E-state index contributed by atoms with van der Waals surface area (Å²) < 4.78 is 0. The molecule has 1 saturated carbocycles. The van der Waals surface area contributed by atoms with Crippen LogP contribution in [0, 0.1) is 11.8 Å². The van der Waals surface area contributed by atoms with Crippen molar-refractivity contribution in [1.82, 2.24) is 15.1 Å². The molecule has 0 aromatic heterocycles. The summed E-state index contributed by atoms with van der Waals surface area (Å²) in [4.78, 5) is 35.5. The molecule has 10 heteroatoms. The lowest BCUT2D eigenvalue weighted by Crippen LogP contribution is -2.53. The van der Waals surface area contributed by atoms with Crippen LogP contribution >= 0.6 is 35.0 Å². The number of rotatable bonds is 8. The van der Waals surface area contributed by atoms with E-state index in [2.05, 4.69) is 31.0 Å². The van der Waals surface area contributed by atoms with Crippen molar-refractivity contribution in [3.8, 4) is 0 Å². The Morgan fingerprint density at radius 3 is 2.20 bits per heavy atom. The summed E-state index contributed by atoms with van der Waals surface area (Å²) in [6, 6.07) is 15.6. The molecule has 0 saturated heterocycles. The van der Waals surface area contributed by atoms with Crippen molar-refractivity contribution >= 4 is 52.1 Å². The molecule has 7 nitrogen and oxygen atoms in total. The number of carbonyl (C=O) groups excluding carboxylic acids is 1. The summed E-state index contributed by atoms with van der Waals surface area (Å²) >= 11 is 14.0. The molecular weight excluding hydrogens is 579 g/mol. The number of hydrogen-bond donors (Lipinski definition) is 2. The molecule has 2 amide bonds. The van der Waals surface area contributed by atoms with E-state index in [1.165, 1.54) is 11.8 Å². The summed E-state index contributed by atoms with van der Waals surface area (Å²) in [6.45, 7) is 10.9. The number of halogens is 2. The van der Waals surface area contributed by atoms with Crippen LogP contribution in [-0.2, 0) is 10.3 Å². The van der Waals surface area contributed by atoms with Crippen molar-refractivity contribution in [2.45, 2.75) is 71.1 Å². The summed E-state index contributed by atoms with van der Waals surface area (Å²) in [7, 11) is 0. The number of carboxylic acid groups (broad SMARTS) is 1. The highest BCUT2D eigenvalue weighted by Crippen LogP contribution is 2.56. The fraction of sp³-hybridized carbons (Fsp3) is 0.452. The predicted octanol–water partition coefficient (Wildman–Crippen LogP) is 7.52. The number of fused-ring (bicyclic) bond motifs is 1.